The smallest absolute Gasteiger partial charge is 0.236 e. The summed E-state index contributed by atoms with van der Waals surface area (Å²) < 4.78 is 0. The Kier molecular flexibility index (Phi) is 4.00. The van der Waals surface area contributed by atoms with E-state index in [1.165, 1.54) is 6.33 Å². The number of aromatic amines is 1. The van der Waals surface area contributed by atoms with Crippen LogP contribution in [-0.2, 0) is 4.79 Å². The van der Waals surface area contributed by atoms with E-state index in [1.54, 1.807) is 6.20 Å². The molecule has 2 aromatic heterocycles. The van der Waals surface area contributed by atoms with Gasteiger partial charge in [0.1, 0.15) is 17.9 Å². The molecule has 114 valence electrons. The maximum Gasteiger partial charge on any atom is 0.236 e. The summed E-state index contributed by atoms with van der Waals surface area (Å²) in [5.41, 5.74) is 8.37. The Bertz CT molecular complexity index is 914. The van der Waals surface area contributed by atoms with Crippen LogP contribution in [0.5, 0.6) is 0 Å². The van der Waals surface area contributed by atoms with Gasteiger partial charge in [0, 0.05) is 17.1 Å². The molecule has 0 fully saturated rings. The third-order valence-corrected chi connectivity index (χ3v) is 4.21. The number of hydrogen-bond donors (Lipinski definition) is 3. The summed E-state index contributed by atoms with van der Waals surface area (Å²) in [5.74, 6) is -1.68. The van der Waals surface area contributed by atoms with Gasteiger partial charge in [-0.25, -0.2) is 9.97 Å². The molecule has 7 heteroatoms. The van der Waals surface area contributed by atoms with Gasteiger partial charge >= 0.3 is 0 Å². The Morgan fingerprint density at radius 1 is 1.35 bits per heavy atom. The molecule has 0 saturated heterocycles. The van der Waals surface area contributed by atoms with Gasteiger partial charge in [-0.1, -0.05) is 18.2 Å². The molecule has 0 aliphatic rings. The lowest BCUT2D eigenvalue weighted by molar-refractivity contribution is -0.120. The summed E-state index contributed by atoms with van der Waals surface area (Å²) in [6, 6.07) is 11.2. The number of benzene rings is 1. The molecule has 3 rings (SSSR count). The highest BCUT2D eigenvalue weighted by atomic mass is 32.1. The normalized spacial score (nSPS) is 13.4. The minimum atomic E-state index is -0.994. The van der Waals surface area contributed by atoms with Gasteiger partial charge in [-0.05, 0) is 17.7 Å². The predicted molar refractivity (Wildman–Crippen MR) is 89.3 cm³/mol. The summed E-state index contributed by atoms with van der Waals surface area (Å²) in [4.78, 5) is 22.9. The number of amides is 1. The lowest BCUT2D eigenvalue weighted by atomic mass is 9.96. The highest BCUT2D eigenvalue weighted by Gasteiger charge is 2.25. The lowest BCUT2D eigenvalue weighted by Gasteiger charge is -2.15. The van der Waals surface area contributed by atoms with Crippen LogP contribution in [0.15, 0.2) is 42.9 Å². The number of nitrogens with one attached hydrogen (secondary N) is 1. The fourth-order valence-corrected chi connectivity index (χ4v) is 2.83. The Morgan fingerprint density at radius 3 is 2.91 bits per heavy atom. The van der Waals surface area contributed by atoms with E-state index < -0.39 is 17.1 Å². The monoisotopic (exact) mass is 323 g/mol. The summed E-state index contributed by atoms with van der Waals surface area (Å²) >= 11 is 4.39. The van der Waals surface area contributed by atoms with Crippen molar-refractivity contribution in [1.82, 2.24) is 15.0 Å². The van der Waals surface area contributed by atoms with Crippen molar-refractivity contribution in [2.24, 2.45) is 11.7 Å². The first-order chi connectivity index (χ1) is 11.1. The SMILES string of the molecule is N#C[C@@H](C(N)=O)[C@@H](S)c1cccc(-c2ncnc3[nH]ccc23)c1. The van der Waals surface area contributed by atoms with Gasteiger partial charge in [-0.2, -0.15) is 17.9 Å². The first-order valence-corrected chi connectivity index (χ1v) is 7.39. The van der Waals surface area contributed by atoms with Gasteiger partial charge in [0.15, 0.2) is 0 Å². The summed E-state index contributed by atoms with van der Waals surface area (Å²) in [6.07, 6.45) is 3.29. The number of nitriles is 1. The highest BCUT2D eigenvalue weighted by molar-refractivity contribution is 7.80. The number of thiol groups is 1. The zero-order valence-electron chi connectivity index (χ0n) is 12.0. The number of carbonyl (C=O) groups excluding carboxylic acids is 1. The standard InChI is InChI=1S/C16H13N5OS/c17-7-12(15(18)22)14(23)10-3-1-2-9(6-10)13-11-4-5-19-16(11)21-8-20-13/h1-6,8,12,14,23H,(H2,18,22)(H,19,20,21)/t12-,14+/m1/s1. The average Bonchev–Trinajstić information content (AvgIpc) is 3.03. The van der Waals surface area contributed by atoms with E-state index in [0.29, 0.717) is 0 Å². The number of H-pyrrole nitrogens is 1. The van der Waals surface area contributed by atoms with Crippen LogP contribution >= 0.6 is 12.6 Å². The van der Waals surface area contributed by atoms with Crippen molar-refractivity contribution in [3.63, 3.8) is 0 Å². The van der Waals surface area contributed by atoms with E-state index in [1.807, 2.05) is 36.4 Å². The molecule has 1 aromatic carbocycles. The van der Waals surface area contributed by atoms with Crippen molar-refractivity contribution in [2.45, 2.75) is 5.25 Å². The fourth-order valence-electron chi connectivity index (χ4n) is 2.45. The minimum Gasteiger partial charge on any atom is -0.368 e. The molecule has 0 spiro atoms. The van der Waals surface area contributed by atoms with E-state index in [0.717, 1.165) is 27.9 Å². The van der Waals surface area contributed by atoms with Gasteiger partial charge in [0.2, 0.25) is 5.91 Å². The molecular weight excluding hydrogens is 310 g/mol. The largest absolute Gasteiger partial charge is 0.368 e. The molecule has 0 aliphatic carbocycles. The average molecular weight is 323 g/mol. The van der Waals surface area contributed by atoms with Gasteiger partial charge < -0.3 is 10.7 Å². The topological polar surface area (TPSA) is 108 Å². The fraction of sp³-hybridized carbons (Fsp3) is 0.125. The number of primary amides is 1. The minimum absolute atomic E-state index is 0.596. The molecule has 0 saturated carbocycles. The molecule has 2 heterocycles. The van der Waals surface area contributed by atoms with Gasteiger partial charge in [0.25, 0.3) is 0 Å². The van der Waals surface area contributed by atoms with E-state index in [4.69, 9.17) is 11.0 Å². The Balaban J connectivity index is 2.05. The van der Waals surface area contributed by atoms with Crippen molar-refractivity contribution in [3.8, 4) is 17.3 Å². The first-order valence-electron chi connectivity index (χ1n) is 6.87. The second kappa shape index (κ2) is 6.10. The van der Waals surface area contributed by atoms with E-state index in [9.17, 15) is 4.79 Å². The van der Waals surface area contributed by atoms with Crippen LogP contribution in [0.4, 0.5) is 0 Å². The van der Waals surface area contributed by atoms with Crippen LogP contribution in [0, 0.1) is 17.2 Å². The molecule has 23 heavy (non-hydrogen) atoms. The number of hydrogen-bond acceptors (Lipinski definition) is 5. The second-order valence-electron chi connectivity index (χ2n) is 5.04. The first kappa shape index (κ1) is 15.1. The number of aromatic nitrogens is 3. The molecule has 3 aromatic rings. The van der Waals surface area contributed by atoms with E-state index in [-0.39, 0.29) is 0 Å². The van der Waals surface area contributed by atoms with Crippen LogP contribution in [0.25, 0.3) is 22.3 Å². The molecule has 1 amide bonds. The van der Waals surface area contributed by atoms with Crippen molar-refractivity contribution in [3.05, 3.63) is 48.4 Å². The number of nitrogens with two attached hydrogens (primary N) is 1. The van der Waals surface area contributed by atoms with Gasteiger partial charge in [-0.15, -0.1) is 0 Å². The van der Waals surface area contributed by atoms with E-state index >= 15 is 0 Å². The number of nitrogens with zero attached hydrogens (tertiary/aromatic N) is 3. The van der Waals surface area contributed by atoms with Crippen molar-refractivity contribution in [2.75, 3.05) is 0 Å². The Hall–Kier alpha value is -2.85. The summed E-state index contributed by atoms with van der Waals surface area (Å²) in [6.45, 7) is 0. The Labute approximate surface area is 137 Å². The van der Waals surface area contributed by atoms with Crippen LogP contribution in [0.3, 0.4) is 0 Å². The quantitative estimate of drug-likeness (QED) is 0.640. The van der Waals surface area contributed by atoms with Crippen molar-refractivity contribution in [1.29, 1.82) is 5.26 Å². The predicted octanol–water partition coefficient (Wildman–Crippen LogP) is 2.22. The zero-order chi connectivity index (χ0) is 16.4. The molecule has 6 nitrogen and oxygen atoms in total. The third-order valence-electron chi connectivity index (χ3n) is 3.62. The van der Waals surface area contributed by atoms with Crippen molar-refractivity contribution < 1.29 is 4.79 Å². The maximum absolute atomic E-state index is 11.4. The van der Waals surface area contributed by atoms with Gasteiger partial charge in [-0.3, -0.25) is 4.79 Å². The third kappa shape index (κ3) is 2.76. The van der Waals surface area contributed by atoms with Crippen LogP contribution in [0.1, 0.15) is 10.8 Å². The maximum atomic E-state index is 11.4. The zero-order valence-corrected chi connectivity index (χ0v) is 12.9. The molecule has 0 unspecified atom stereocenters. The summed E-state index contributed by atoms with van der Waals surface area (Å²) in [7, 11) is 0. The van der Waals surface area contributed by atoms with Crippen LogP contribution in [-0.4, -0.2) is 20.9 Å². The number of carbonyl (C=O) groups is 1. The highest BCUT2D eigenvalue weighted by Crippen LogP contribution is 2.32. The summed E-state index contributed by atoms with van der Waals surface area (Å²) in [5, 5.41) is 9.40. The van der Waals surface area contributed by atoms with Crippen LogP contribution in [0.2, 0.25) is 0 Å². The van der Waals surface area contributed by atoms with Crippen LogP contribution < -0.4 is 5.73 Å². The number of fused-ring (bicyclic) bond motifs is 1. The lowest BCUT2D eigenvalue weighted by Crippen LogP contribution is -2.25. The Morgan fingerprint density at radius 2 is 2.17 bits per heavy atom. The molecular formula is C16H13N5OS. The molecule has 2 atom stereocenters. The molecule has 3 N–H and O–H groups in total. The van der Waals surface area contributed by atoms with Crippen molar-refractivity contribution >= 4 is 29.6 Å². The van der Waals surface area contributed by atoms with Gasteiger partial charge in [0.05, 0.1) is 17.0 Å². The number of rotatable bonds is 4. The molecule has 0 bridgehead atoms. The van der Waals surface area contributed by atoms with E-state index in [2.05, 4.69) is 27.6 Å². The second-order valence-corrected chi connectivity index (χ2v) is 5.60. The molecule has 0 aliphatic heterocycles. The molecule has 0 radical (unpaired) electrons.